The number of aromatic nitrogens is 3. The van der Waals surface area contributed by atoms with E-state index >= 15 is 0 Å². The number of H-pyrrole nitrogens is 1. The number of nitrogens with zero attached hydrogens (tertiary/aromatic N) is 2. The monoisotopic (exact) mass is 336 g/mol. The van der Waals surface area contributed by atoms with Gasteiger partial charge in [0, 0.05) is 24.0 Å². The van der Waals surface area contributed by atoms with E-state index in [0.29, 0.717) is 5.69 Å². The van der Waals surface area contributed by atoms with Gasteiger partial charge in [-0.15, -0.1) is 0 Å². The number of aryl methyl sites for hydroxylation is 1. The number of pyridine rings is 1. The van der Waals surface area contributed by atoms with Crippen LogP contribution in [0.25, 0.3) is 11.3 Å². The second-order valence-electron chi connectivity index (χ2n) is 5.98. The fraction of sp³-hybridized carbons (Fsp3) is 0.211. The zero-order valence-electron chi connectivity index (χ0n) is 14.4. The summed E-state index contributed by atoms with van der Waals surface area (Å²) < 4.78 is 1.75. The highest BCUT2D eigenvalue weighted by Crippen LogP contribution is 2.17. The molecule has 1 aromatic carbocycles. The van der Waals surface area contributed by atoms with Gasteiger partial charge < -0.3 is 10.3 Å². The van der Waals surface area contributed by atoms with Crippen molar-refractivity contribution in [2.24, 2.45) is 7.05 Å². The minimum absolute atomic E-state index is 0.0908. The van der Waals surface area contributed by atoms with Gasteiger partial charge in [0.05, 0.1) is 12.2 Å². The Kier molecular flexibility index (Phi) is 4.52. The van der Waals surface area contributed by atoms with Crippen molar-refractivity contribution in [3.63, 3.8) is 0 Å². The molecule has 3 rings (SSSR count). The van der Waals surface area contributed by atoms with E-state index in [1.54, 1.807) is 23.0 Å². The molecule has 0 bridgehead atoms. The molecule has 6 nitrogen and oxygen atoms in total. The average molecular weight is 336 g/mol. The number of aromatic amines is 1. The third-order valence-electron chi connectivity index (χ3n) is 4.33. The Morgan fingerprint density at radius 2 is 1.92 bits per heavy atom. The van der Waals surface area contributed by atoms with Crippen LogP contribution in [-0.2, 0) is 7.05 Å². The molecule has 6 heteroatoms. The largest absolute Gasteiger partial charge is 0.345 e. The summed E-state index contributed by atoms with van der Waals surface area (Å²) in [5.41, 5.74) is 3.15. The highest BCUT2D eigenvalue weighted by Gasteiger charge is 2.17. The molecule has 0 saturated carbocycles. The molecule has 2 aromatic heterocycles. The van der Waals surface area contributed by atoms with Crippen molar-refractivity contribution in [2.45, 2.75) is 19.9 Å². The molecule has 25 heavy (non-hydrogen) atoms. The molecule has 3 aromatic rings. The van der Waals surface area contributed by atoms with Crippen molar-refractivity contribution in [1.82, 2.24) is 20.1 Å². The summed E-state index contributed by atoms with van der Waals surface area (Å²) in [4.78, 5) is 27.5. The molecule has 0 aliphatic rings. The minimum Gasteiger partial charge on any atom is -0.345 e. The number of hydrogen-bond donors (Lipinski definition) is 2. The van der Waals surface area contributed by atoms with E-state index in [1.807, 2.05) is 51.2 Å². The predicted molar refractivity (Wildman–Crippen MR) is 96.3 cm³/mol. The van der Waals surface area contributed by atoms with Gasteiger partial charge in [-0.3, -0.25) is 14.3 Å². The van der Waals surface area contributed by atoms with Gasteiger partial charge in [0.25, 0.3) is 11.5 Å². The third-order valence-corrected chi connectivity index (χ3v) is 4.33. The van der Waals surface area contributed by atoms with Crippen LogP contribution in [0.15, 0.2) is 53.5 Å². The van der Waals surface area contributed by atoms with E-state index in [1.165, 1.54) is 0 Å². The topological polar surface area (TPSA) is 79.8 Å². The molecule has 0 spiro atoms. The number of amides is 1. The van der Waals surface area contributed by atoms with Crippen LogP contribution in [0.2, 0.25) is 0 Å². The first-order chi connectivity index (χ1) is 12.0. The molecule has 0 aliphatic carbocycles. The van der Waals surface area contributed by atoms with Crippen molar-refractivity contribution in [1.29, 1.82) is 0 Å². The highest BCUT2D eigenvalue weighted by molar-refractivity contribution is 5.94. The highest BCUT2D eigenvalue weighted by atomic mass is 16.2. The minimum atomic E-state index is -0.408. The lowest BCUT2D eigenvalue weighted by atomic mass is 10.1. The maximum Gasteiger partial charge on any atom is 0.261 e. The molecule has 2 N–H and O–H groups in total. The van der Waals surface area contributed by atoms with Crippen LogP contribution >= 0.6 is 0 Å². The summed E-state index contributed by atoms with van der Waals surface area (Å²) in [5, 5.41) is 7.03. The molecule has 0 unspecified atom stereocenters. The molecular weight excluding hydrogens is 316 g/mol. The molecule has 0 aliphatic heterocycles. The van der Waals surface area contributed by atoms with E-state index in [4.69, 9.17) is 0 Å². The van der Waals surface area contributed by atoms with Crippen LogP contribution in [0.1, 0.15) is 34.6 Å². The lowest BCUT2D eigenvalue weighted by Crippen LogP contribution is -2.31. The second-order valence-corrected chi connectivity index (χ2v) is 5.98. The Morgan fingerprint density at radius 1 is 1.20 bits per heavy atom. The van der Waals surface area contributed by atoms with Crippen LogP contribution < -0.4 is 10.9 Å². The van der Waals surface area contributed by atoms with Crippen LogP contribution in [-0.4, -0.2) is 20.7 Å². The molecule has 0 saturated heterocycles. The van der Waals surface area contributed by atoms with E-state index < -0.39 is 11.5 Å². The quantitative estimate of drug-likeness (QED) is 0.768. The van der Waals surface area contributed by atoms with Gasteiger partial charge in [-0.05, 0) is 31.5 Å². The van der Waals surface area contributed by atoms with Gasteiger partial charge in [0.15, 0.2) is 0 Å². The lowest BCUT2D eigenvalue weighted by molar-refractivity contribution is 0.0938. The van der Waals surface area contributed by atoms with Gasteiger partial charge in [-0.25, -0.2) is 0 Å². The van der Waals surface area contributed by atoms with E-state index in [-0.39, 0.29) is 11.6 Å². The summed E-state index contributed by atoms with van der Waals surface area (Å²) in [6.45, 7) is 3.81. The number of hydrogen-bond acceptors (Lipinski definition) is 3. The Labute approximate surface area is 145 Å². The van der Waals surface area contributed by atoms with Crippen LogP contribution in [0.5, 0.6) is 0 Å². The van der Waals surface area contributed by atoms with Crippen LogP contribution in [0, 0.1) is 6.92 Å². The molecule has 1 atom stereocenters. The summed E-state index contributed by atoms with van der Waals surface area (Å²) in [7, 11) is 1.85. The second kappa shape index (κ2) is 6.76. The molecule has 128 valence electrons. The zero-order chi connectivity index (χ0) is 18.0. The SMILES string of the molecule is Cc1c([C@@H](C)NC(=O)c2ccc(-c3ccccc3)[nH]c2=O)cnn1C. The molecule has 2 heterocycles. The molecular formula is C19H20N4O2. The van der Waals surface area contributed by atoms with Crippen molar-refractivity contribution in [3.05, 3.63) is 75.8 Å². The third kappa shape index (κ3) is 3.38. The zero-order valence-corrected chi connectivity index (χ0v) is 14.4. The maximum absolute atomic E-state index is 12.5. The lowest BCUT2D eigenvalue weighted by Gasteiger charge is -2.13. The van der Waals surface area contributed by atoms with Gasteiger partial charge >= 0.3 is 0 Å². The number of nitrogens with one attached hydrogen (secondary N) is 2. The van der Waals surface area contributed by atoms with Gasteiger partial charge in [0.2, 0.25) is 0 Å². The Morgan fingerprint density at radius 3 is 2.52 bits per heavy atom. The molecule has 0 radical (unpaired) electrons. The molecule has 0 fully saturated rings. The first kappa shape index (κ1) is 16.7. The first-order valence-electron chi connectivity index (χ1n) is 8.05. The summed E-state index contributed by atoms with van der Waals surface area (Å²) in [6, 6.07) is 12.6. The fourth-order valence-electron chi connectivity index (χ4n) is 2.73. The average Bonchev–Trinajstić information content (AvgIpc) is 2.94. The van der Waals surface area contributed by atoms with Crippen LogP contribution in [0.4, 0.5) is 0 Å². The smallest absolute Gasteiger partial charge is 0.261 e. The Bertz CT molecular complexity index is 957. The van der Waals surface area contributed by atoms with E-state index in [2.05, 4.69) is 15.4 Å². The number of benzene rings is 1. The Balaban J connectivity index is 1.81. The van der Waals surface area contributed by atoms with Gasteiger partial charge in [-0.1, -0.05) is 30.3 Å². The fourth-order valence-corrected chi connectivity index (χ4v) is 2.73. The first-order valence-corrected chi connectivity index (χ1v) is 8.05. The van der Waals surface area contributed by atoms with E-state index in [0.717, 1.165) is 16.8 Å². The number of carbonyl (C=O) groups is 1. The van der Waals surface area contributed by atoms with Crippen molar-refractivity contribution >= 4 is 5.91 Å². The standard InChI is InChI=1S/C19H20N4O2/c1-12(16-11-20-23(3)13(16)2)21-18(24)15-9-10-17(22-19(15)25)14-7-5-4-6-8-14/h4-12H,1-3H3,(H,21,24)(H,22,25)/t12-/m1/s1. The van der Waals surface area contributed by atoms with Crippen molar-refractivity contribution in [2.75, 3.05) is 0 Å². The van der Waals surface area contributed by atoms with Gasteiger partial charge in [0.1, 0.15) is 5.56 Å². The summed E-state index contributed by atoms with van der Waals surface area (Å²) in [5.74, 6) is -0.406. The van der Waals surface area contributed by atoms with Gasteiger partial charge in [-0.2, -0.15) is 5.10 Å². The normalized spacial score (nSPS) is 12.0. The van der Waals surface area contributed by atoms with Crippen molar-refractivity contribution < 1.29 is 4.79 Å². The van der Waals surface area contributed by atoms with E-state index in [9.17, 15) is 9.59 Å². The Hall–Kier alpha value is -3.15. The maximum atomic E-state index is 12.5. The van der Waals surface area contributed by atoms with Crippen LogP contribution in [0.3, 0.4) is 0 Å². The summed E-state index contributed by atoms with van der Waals surface area (Å²) >= 11 is 0. The summed E-state index contributed by atoms with van der Waals surface area (Å²) in [6.07, 6.45) is 1.73. The number of rotatable bonds is 4. The molecule has 1 amide bonds. The number of carbonyl (C=O) groups excluding carboxylic acids is 1. The predicted octanol–water partition coefficient (Wildman–Crippen LogP) is 2.57. The van der Waals surface area contributed by atoms with Crippen molar-refractivity contribution in [3.8, 4) is 11.3 Å².